The van der Waals surface area contributed by atoms with Crippen molar-refractivity contribution in [3.63, 3.8) is 0 Å². The summed E-state index contributed by atoms with van der Waals surface area (Å²) < 4.78 is 7.85. The Morgan fingerprint density at radius 1 is 1.55 bits per heavy atom. The number of aryl methyl sites for hydroxylation is 1. The molecule has 6 heteroatoms. The Balaban J connectivity index is 1.71. The maximum Gasteiger partial charge on any atom is 0.107 e. The van der Waals surface area contributed by atoms with E-state index in [1.54, 1.807) is 11.3 Å². The fourth-order valence-corrected chi connectivity index (χ4v) is 3.69. The van der Waals surface area contributed by atoms with E-state index in [2.05, 4.69) is 27.8 Å². The van der Waals surface area contributed by atoms with Crippen LogP contribution >= 0.6 is 11.3 Å². The Labute approximate surface area is 135 Å². The standard InChI is InChI=1S/C16H22N4OS/c1-3-7-21-15-4-6-20(12-16-17-5-8-22-16)14(15)9-13-10-18-19(2)11-13/h3,5,8,10-11,14-15H,1,4,6-7,9,12H2,2H3/t14-,15-/m1/s1. The average molecular weight is 318 g/mol. The molecule has 3 rings (SSSR count). The molecule has 3 heterocycles. The number of likely N-dealkylation sites (tertiary alicyclic amines) is 1. The van der Waals surface area contributed by atoms with Crippen LogP contribution in [0.25, 0.3) is 0 Å². The van der Waals surface area contributed by atoms with E-state index in [0.717, 1.165) is 25.9 Å². The van der Waals surface area contributed by atoms with Gasteiger partial charge in [0.2, 0.25) is 0 Å². The normalized spacial score (nSPS) is 22.2. The lowest BCUT2D eigenvalue weighted by Crippen LogP contribution is -2.37. The molecule has 118 valence electrons. The van der Waals surface area contributed by atoms with E-state index in [0.29, 0.717) is 12.6 Å². The van der Waals surface area contributed by atoms with Gasteiger partial charge in [-0.05, 0) is 18.4 Å². The number of aromatic nitrogens is 3. The predicted octanol–water partition coefficient (Wildman–Crippen LogP) is 2.26. The second-order valence-electron chi connectivity index (χ2n) is 5.64. The monoisotopic (exact) mass is 318 g/mol. The van der Waals surface area contributed by atoms with E-state index in [1.807, 2.05) is 35.6 Å². The molecular weight excluding hydrogens is 296 g/mol. The molecule has 0 aromatic carbocycles. The van der Waals surface area contributed by atoms with E-state index in [4.69, 9.17) is 4.74 Å². The van der Waals surface area contributed by atoms with E-state index in [9.17, 15) is 0 Å². The minimum Gasteiger partial charge on any atom is -0.372 e. The van der Waals surface area contributed by atoms with Crippen LogP contribution in [0.4, 0.5) is 0 Å². The minimum atomic E-state index is 0.248. The number of hydrogen-bond acceptors (Lipinski definition) is 5. The molecule has 1 fully saturated rings. The van der Waals surface area contributed by atoms with Crippen molar-refractivity contribution in [2.75, 3.05) is 13.2 Å². The maximum absolute atomic E-state index is 5.99. The summed E-state index contributed by atoms with van der Waals surface area (Å²) in [6.45, 7) is 6.31. The molecule has 0 bridgehead atoms. The quantitative estimate of drug-likeness (QED) is 0.735. The molecule has 2 atom stereocenters. The van der Waals surface area contributed by atoms with Crippen LogP contribution in [0.1, 0.15) is 17.0 Å². The third kappa shape index (κ3) is 3.63. The summed E-state index contributed by atoms with van der Waals surface area (Å²) in [5, 5.41) is 7.48. The number of nitrogens with zero attached hydrogens (tertiary/aromatic N) is 4. The van der Waals surface area contributed by atoms with Crippen LogP contribution in [0.15, 0.2) is 36.6 Å². The Morgan fingerprint density at radius 2 is 2.45 bits per heavy atom. The molecule has 2 aromatic heterocycles. The summed E-state index contributed by atoms with van der Waals surface area (Å²) in [6, 6.07) is 0.369. The lowest BCUT2D eigenvalue weighted by atomic mass is 10.0. The van der Waals surface area contributed by atoms with Crippen molar-refractivity contribution >= 4 is 11.3 Å². The van der Waals surface area contributed by atoms with Gasteiger partial charge in [0.1, 0.15) is 5.01 Å². The summed E-state index contributed by atoms with van der Waals surface area (Å²) in [7, 11) is 1.96. The summed E-state index contributed by atoms with van der Waals surface area (Å²) >= 11 is 1.72. The van der Waals surface area contributed by atoms with Gasteiger partial charge in [0.05, 0.1) is 25.5 Å². The molecule has 5 nitrogen and oxygen atoms in total. The molecule has 0 spiro atoms. The fraction of sp³-hybridized carbons (Fsp3) is 0.500. The first-order valence-electron chi connectivity index (χ1n) is 7.58. The largest absolute Gasteiger partial charge is 0.372 e. The van der Waals surface area contributed by atoms with Crippen LogP contribution < -0.4 is 0 Å². The van der Waals surface area contributed by atoms with Gasteiger partial charge in [0, 0.05) is 37.4 Å². The highest BCUT2D eigenvalue weighted by Crippen LogP contribution is 2.26. The summed E-state index contributed by atoms with van der Waals surface area (Å²) in [5.74, 6) is 0. The number of ether oxygens (including phenoxy) is 1. The lowest BCUT2D eigenvalue weighted by Gasteiger charge is -2.27. The second kappa shape index (κ2) is 7.17. The van der Waals surface area contributed by atoms with Crippen LogP contribution in [-0.4, -0.2) is 45.0 Å². The number of thiazole rings is 1. The first kappa shape index (κ1) is 15.4. The predicted molar refractivity (Wildman–Crippen MR) is 87.8 cm³/mol. The zero-order valence-electron chi connectivity index (χ0n) is 12.9. The van der Waals surface area contributed by atoms with Gasteiger partial charge in [-0.1, -0.05) is 6.08 Å². The van der Waals surface area contributed by atoms with Gasteiger partial charge in [-0.2, -0.15) is 5.10 Å². The van der Waals surface area contributed by atoms with Crippen LogP contribution in [0.2, 0.25) is 0 Å². The SMILES string of the molecule is C=CCO[C@@H]1CCN(Cc2nccs2)[C@@H]1Cc1cnn(C)c1. The van der Waals surface area contributed by atoms with Crippen LogP contribution in [-0.2, 0) is 24.8 Å². The van der Waals surface area contributed by atoms with Crippen molar-refractivity contribution in [2.24, 2.45) is 7.05 Å². The van der Waals surface area contributed by atoms with E-state index < -0.39 is 0 Å². The molecule has 1 aliphatic rings. The molecule has 0 radical (unpaired) electrons. The van der Waals surface area contributed by atoms with Gasteiger partial charge < -0.3 is 4.74 Å². The van der Waals surface area contributed by atoms with Crippen molar-refractivity contribution in [1.82, 2.24) is 19.7 Å². The second-order valence-corrected chi connectivity index (χ2v) is 6.62. The van der Waals surface area contributed by atoms with E-state index in [1.165, 1.54) is 10.6 Å². The molecule has 0 amide bonds. The first-order chi connectivity index (χ1) is 10.8. The molecule has 1 saturated heterocycles. The van der Waals surface area contributed by atoms with Gasteiger partial charge in [-0.3, -0.25) is 9.58 Å². The van der Waals surface area contributed by atoms with Crippen molar-refractivity contribution < 1.29 is 4.74 Å². The Hall–Kier alpha value is -1.50. The number of hydrogen-bond donors (Lipinski definition) is 0. The molecular formula is C16H22N4OS. The van der Waals surface area contributed by atoms with Crippen molar-refractivity contribution in [1.29, 1.82) is 0 Å². The van der Waals surface area contributed by atoms with Crippen LogP contribution in [0.3, 0.4) is 0 Å². The highest BCUT2D eigenvalue weighted by molar-refractivity contribution is 7.09. The lowest BCUT2D eigenvalue weighted by molar-refractivity contribution is 0.0421. The Kier molecular flexibility index (Phi) is 5.02. The minimum absolute atomic E-state index is 0.248. The zero-order valence-corrected chi connectivity index (χ0v) is 13.7. The molecule has 1 aliphatic heterocycles. The Morgan fingerprint density at radius 3 is 3.14 bits per heavy atom. The van der Waals surface area contributed by atoms with E-state index in [-0.39, 0.29) is 6.10 Å². The molecule has 0 unspecified atom stereocenters. The fourth-order valence-electron chi connectivity index (χ4n) is 3.05. The molecule has 22 heavy (non-hydrogen) atoms. The summed E-state index contributed by atoms with van der Waals surface area (Å²) in [4.78, 5) is 6.90. The highest BCUT2D eigenvalue weighted by Gasteiger charge is 2.35. The van der Waals surface area contributed by atoms with Crippen LogP contribution in [0.5, 0.6) is 0 Å². The van der Waals surface area contributed by atoms with Crippen molar-refractivity contribution in [3.8, 4) is 0 Å². The van der Waals surface area contributed by atoms with E-state index >= 15 is 0 Å². The smallest absolute Gasteiger partial charge is 0.107 e. The van der Waals surface area contributed by atoms with Crippen LogP contribution in [0, 0.1) is 0 Å². The topological polar surface area (TPSA) is 43.2 Å². The van der Waals surface area contributed by atoms with Gasteiger partial charge in [-0.15, -0.1) is 17.9 Å². The van der Waals surface area contributed by atoms with Gasteiger partial charge in [0.15, 0.2) is 0 Å². The molecule has 0 saturated carbocycles. The summed E-state index contributed by atoms with van der Waals surface area (Å²) in [6.07, 6.45) is 10.0. The molecule has 2 aromatic rings. The average Bonchev–Trinajstić information content (AvgIpc) is 3.22. The van der Waals surface area contributed by atoms with Gasteiger partial charge in [0.25, 0.3) is 0 Å². The molecule has 0 aliphatic carbocycles. The van der Waals surface area contributed by atoms with Crippen molar-refractivity contribution in [2.45, 2.75) is 31.5 Å². The third-order valence-electron chi connectivity index (χ3n) is 4.05. The first-order valence-corrected chi connectivity index (χ1v) is 8.46. The Bertz CT molecular complexity index is 595. The van der Waals surface area contributed by atoms with Gasteiger partial charge in [-0.25, -0.2) is 4.98 Å². The maximum atomic E-state index is 5.99. The van der Waals surface area contributed by atoms with Crippen molar-refractivity contribution in [3.05, 3.63) is 47.2 Å². The number of rotatable bonds is 7. The highest BCUT2D eigenvalue weighted by atomic mass is 32.1. The summed E-state index contributed by atoms with van der Waals surface area (Å²) in [5.41, 5.74) is 1.26. The third-order valence-corrected chi connectivity index (χ3v) is 4.82. The zero-order chi connectivity index (χ0) is 15.4. The molecule has 0 N–H and O–H groups in total. The van der Waals surface area contributed by atoms with Gasteiger partial charge >= 0.3 is 0 Å².